The van der Waals surface area contributed by atoms with Crippen LogP contribution in [0.15, 0.2) is 36.5 Å². The monoisotopic (exact) mass is 415 g/mol. The van der Waals surface area contributed by atoms with E-state index in [0.29, 0.717) is 43.0 Å². The molecule has 1 aliphatic rings. The van der Waals surface area contributed by atoms with Crippen LogP contribution in [-0.4, -0.2) is 55.1 Å². The van der Waals surface area contributed by atoms with Crippen LogP contribution in [0.25, 0.3) is 10.9 Å². The molecule has 0 radical (unpaired) electrons. The van der Waals surface area contributed by atoms with Gasteiger partial charge in [-0.25, -0.2) is 13.6 Å². The number of fused-ring (bicyclic) bond motifs is 1. The number of hydrogen-bond acceptors (Lipinski definition) is 4. The number of carbonyl (C=O) groups excluding carboxylic acids is 2. The van der Waals surface area contributed by atoms with E-state index in [9.17, 15) is 14.0 Å². The summed E-state index contributed by atoms with van der Waals surface area (Å²) in [6.45, 7) is 1.48. The van der Waals surface area contributed by atoms with E-state index in [4.69, 9.17) is 9.47 Å². The summed E-state index contributed by atoms with van der Waals surface area (Å²) >= 11 is 0. The number of morpholine rings is 1. The number of benzene rings is 2. The molecule has 3 aromatic rings. The van der Waals surface area contributed by atoms with Gasteiger partial charge in [-0.2, -0.15) is 0 Å². The summed E-state index contributed by atoms with van der Waals surface area (Å²) < 4.78 is 39.9. The largest absolute Gasteiger partial charge is 0.497 e. The van der Waals surface area contributed by atoms with Crippen LogP contribution in [-0.2, 0) is 4.74 Å². The van der Waals surface area contributed by atoms with Crippen LogP contribution in [0.5, 0.6) is 5.75 Å². The molecule has 30 heavy (non-hydrogen) atoms. The molecule has 4 rings (SSSR count). The fourth-order valence-corrected chi connectivity index (χ4v) is 3.37. The number of urea groups is 1. The van der Waals surface area contributed by atoms with E-state index in [2.05, 4.69) is 10.3 Å². The Bertz CT molecular complexity index is 1120. The van der Waals surface area contributed by atoms with E-state index in [1.54, 1.807) is 18.2 Å². The molecular formula is C21H19F2N3O4. The molecule has 2 amide bonds. The molecule has 2 N–H and O–H groups in total. The number of H-pyrrole nitrogens is 1. The number of ketones is 1. The van der Waals surface area contributed by atoms with Crippen molar-refractivity contribution >= 4 is 28.4 Å². The quantitative estimate of drug-likeness (QED) is 0.639. The molecular weight excluding hydrogens is 396 g/mol. The third-order valence-electron chi connectivity index (χ3n) is 4.99. The Morgan fingerprint density at radius 1 is 1.17 bits per heavy atom. The topological polar surface area (TPSA) is 83.7 Å². The first-order chi connectivity index (χ1) is 14.5. The molecule has 0 bridgehead atoms. The lowest BCUT2D eigenvalue weighted by Crippen LogP contribution is -2.43. The Morgan fingerprint density at radius 2 is 1.93 bits per heavy atom. The van der Waals surface area contributed by atoms with Gasteiger partial charge >= 0.3 is 6.03 Å². The number of rotatable bonds is 4. The first kappa shape index (κ1) is 19.8. The Morgan fingerprint density at radius 3 is 2.67 bits per heavy atom. The van der Waals surface area contributed by atoms with Gasteiger partial charge < -0.3 is 24.7 Å². The molecule has 0 saturated carbocycles. The Hall–Kier alpha value is -3.46. The number of methoxy groups -OCH3 is 1. The summed E-state index contributed by atoms with van der Waals surface area (Å²) in [5, 5.41) is 2.89. The van der Waals surface area contributed by atoms with Gasteiger partial charge in [0.1, 0.15) is 11.6 Å². The predicted octanol–water partition coefficient (Wildman–Crippen LogP) is 3.55. The van der Waals surface area contributed by atoms with Crippen molar-refractivity contribution in [2.45, 2.75) is 0 Å². The van der Waals surface area contributed by atoms with Gasteiger partial charge in [-0.1, -0.05) is 0 Å². The highest BCUT2D eigenvalue weighted by molar-refractivity contribution is 6.17. The van der Waals surface area contributed by atoms with Crippen molar-refractivity contribution in [3.63, 3.8) is 0 Å². The Balaban J connectivity index is 1.68. The van der Waals surface area contributed by atoms with Crippen molar-refractivity contribution in [3.05, 3.63) is 59.3 Å². The fraction of sp³-hybridized carbons (Fsp3) is 0.238. The van der Waals surface area contributed by atoms with Crippen LogP contribution < -0.4 is 10.1 Å². The lowest BCUT2D eigenvalue weighted by atomic mass is 10.0. The first-order valence-electron chi connectivity index (χ1n) is 9.31. The van der Waals surface area contributed by atoms with Gasteiger partial charge in [-0.15, -0.1) is 0 Å². The molecule has 1 saturated heterocycles. The molecule has 1 aliphatic heterocycles. The molecule has 1 aromatic heterocycles. The number of aromatic nitrogens is 1. The van der Waals surface area contributed by atoms with Crippen molar-refractivity contribution in [3.8, 4) is 5.75 Å². The molecule has 0 unspecified atom stereocenters. The van der Waals surface area contributed by atoms with Gasteiger partial charge in [0.15, 0.2) is 5.82 Å². The molecule has 0 spiro atoms. The zero-order valence-corrected chi connectivity index (χ0v) is 16.1. The standard InChI is InChI=1S/C21H19F2N3O4/c1-29-12-2-4-16-13(10-12)14(11-24-16)20(27)18-15(22)3-5-17(19(18)23)25-21(28)26-6-8-30-9-7-26/h2-5,10-11,24H,6-9H2,1H3,(H,25,28). The molecule has 2 heterocycles. The zero-order chi connectivity index (χ0) is 21.3. The SMILES string of the molecule is COc1ccc2[nH]cc(C(=O)c3c(F)ccc(NC(=O)N4CCOCC4)c3F)c2c1. The number of carbonyl (C=O) groups is 2. The molecule has 156 valence electrons. The average molecular weight is 415 g/mol. The number of anilines is 1. The Kier molecular flexibility index (Phi) is 5.37. The highest BCUT2D eigenvalue weighted by atomic mass is 19.1. The second-order valence-corrected chi connectivity index (χ2v) is 6.76. The third-order valence-corrected chi connectivity index (χ3v) is 4.99. The maximum absolute atomic E-state index is 15.1. The van der Waals surface area contributed by atoms with Gasteiger partial charge in [0.25, 0.3) is 0 Å². The number of nitrogens with one attached hydrogen (secondary N) is 2. The van der Waals surface area contributed by atoms with Crippen molar-refractivity contribution in [1.29, 1.82) is 0 Å². The maximum atomic E-state index is 15.1. The van der Waals surface area contributed by atoms with Crippen molar-refractivity contribution in [2.24, 2.45) is 0 Å². The molecule has 7 nitrogen and oxygen atoms in total. The molecule has 2 aromatic carbocycles. The van der Waals surface area contributed by atoms with E-state index in [-0.39, 0.29) is 11.3 Å². The molecule has 0 aliphatic carbocycles. The van der Waals surface area contributed by atoms with Crippen molar-refractivity contribution < 1.29 is 27.8 Å². The van der Waals surface area contributed by atoms with E-state index < -0.39 is 29.0 Å². The minimum absolute atomic E-state index is 0.0957. The lowest BCUT2D eigenvalue weighted by molar-refractivity contribution is 0.0564. The van der Waals surface area contributed by atoms with Gasteiger partial charge in [0.2, 0.25) is 5.78 Å². The van der Waals surface area contributed by atoms with Gasteiger partial charge in [0, 0.05) is 35.8 Å². The summed E-state index contributed by atoms with van der Waals surface area (Å²) in [4.78, 5) is 29.7. The van der Waals surface area contributed by atoms with Crippen LogP contribution in [0.2, 0.25) is 0 Å². The lowest BCUT2D eigenvalue weighted by Gasteiger charge is -2.27. The third kappa shape index (κ3) is 3.59. The molecule has 9 heteroatoms. The summed E-state index contributed by atoms with van der Waals surface area (Å²) in [6, 6.07) is 6.53. The van der Waals surface area contributed by atoms with E-state index in [1.807, 2.05) is 0 Å². The minimum atomic E-state index is -1.13. The maximum Gasteiger partial charge on any atom is 0.322 e. The average Bonchev–Trinajstić information content (AvgIpc) is 3.19. The fourth-order valence-electron chi connectivity index (χ4n) is 3.37. The number of aromatic amines is 1. The number of amides is 2. The van der Waals surface area contributed by atoms with Crippen molar-refractivity contribution in [2.75, 3.05) is 38.7 Å². The van der Waals surface area contributed by atoms with Crippen LogP contribution in [0.1, 0.15) is 15.9 Å². The van der Waals surface area contributed by atoms with Gasteiger partial charge in [-0.05, 0) is 30.3 Å². The number of ether oxygens (including phenoxy) is 2. The van der Waals surface area contributed by atoms with Crippen LogP contribution >= 0.6 is 0 Å². The van der Waals surface area contributed by atoms with E-state index in [1.165, 1.54) is 18.2 Å². The number of nitrogens with zero attached hydrogens (tertiary/aromatic N) is 1. The van der Waals surface area contributed by atoms with Crippen molar-refractivity contribution in [1.82, 2.24) is 9.88 Å². The van der Waals surface area contributed by atoms with Crippen LogP contribution in [0.4, 0.5) is 19.3 Å². The molecule has 0 atom stereocenters. The van der Waals surface area contributed by atoms with Gasteiger partial charge in [0.05, 0.1) is 31.6 Å². The smallest absolute Gasteiger partial charge is 0.322 e. The van der Waals surface area contributed by atoms with Crippen LogP contribution in [0, 0.1) is 11.6 Å². The second-order valence-electron chi connectivity index (χ2n) is 6.76. The highest BCUT2D eigenvalue weighted by Gasteiger charge is 2.26. The first-order valence-corrected chi connectivity index (χ1v) is 9.31. The summed E-state index contributed by atoms with van der Waals surface area (Å²) in [7, 11) is 1.48. The zero-order valence-electron chi connectivity index (χ0n) is 16.1. The van der Waals surface area contributed by atoms with Gasteiger partial charge in [-0.3, -0.25) is 4.79 Å². The normalized spacial score (nSPS) is 14.0. The minimum Gasteiger partial charge on any atom is -0.497 e. The highest BCUT2D eigenvalue weighted by Crippen LogP contribution is 2.29. The van der Waals surface area contributed by atoms with Crippen LogP contribution in [0.3, 0.4) is 0 Å². The number of halogens is 2. The summed E-state index contributed by atoms with van der Waals surface area (Å²) in [6.07, 6.45) is 1.39. The molecule has 1 fully saturated rings. The second kappa shape index (κ2) is 8.11. The summed E-state index contributed by atoms with van der Waals surface area (Å²) in [5.74, 6) is -2.48. The predicted molar refractivity (Wildman–Crippen MR) is 106 cm³/mol. The Labute approximate surface area is 170 Å². The number of hydrogen-bond donors (Lipinski definition) is 2. The summed E-state index contributed by atoms with van der Waals surface area (Å²) in [5.41, 5.74) is -0.290. The van der Waals surface area contributed by atoms with E-state index in [0.717, 1.165) is 12.1 Å². The van der Waals surface area contributed by atoms with E-state index >= 15 is 4.39 Å².